The largest absolute Gasteiger partial charge is 0.373 e. The van der Waals surface area contributed by atoms with Crippen molar-refractivity contribution >= 4 is 5.78 Å². The lowest BCUT2D eigenvalue weighted by atomic mass is 9.98. The molecular weight excluding hydrogens is 212 g/mol. The lowest BCUT2D eigenvalue weighted by Gasteiger charge is -2.09. The molecule has 0 saturated carbocycles. The molecule has 94 valence electrons. The molecule has 0 aliphatic carbocycles. The summed E-state index contributed by atoms with van der Waals surface area (Å²) >= 11 is 0. The van der Waals surface area contributed by atoms with Crippen molar-refractivity contribution in [2.75, 3.05) is 13.2 Å². The smallest absolute Gasteiger partial charge is 0.188 e. The summed E-state index contributed by atoms with van der Waals surface area (Å²) in [6, 6.07) is 4.03. The van der Waals surface area contributed by atoms with Crippen LogP contribution >= 0.6 is 0 Å². The quantitative estimate of drug-likeness (QED) is 0.555. The van der Waals surface area contributed by atoms with Gasteiger partial charge in [0.2, 0.25) is 0 Å². The van der Waals surface area contributed by atoms with Crippen LogP contribution in [0.15, 0.2) is 12.1 Å². The second-order valence-corrected chi connectivity index (χ2v) is 4.58. The number of carbonyl (C=O) groups is 1. The predicted octanol–water partition coefficient (Wildman–Crippen LogP) is 3.61. The number of unbranched alkanes of at least 4 members (excludes halogenated alkanes) is 1. The van der Waals surface area contributed by atoms with Gasteiger partial charge in [-0.1, -0.05) is 19.4 Å². The average Bonchev–Trinajstić information content (AvgIpc) is 2.29. The molecule has 0 atom stereocenters. The second kappa shape index (κ2) is 6.55. The van der Waals surface area contributed by atoms with Crippen molar-refractivity contribution in [1.29, 1.82) is 0 Å². The number of aryl methyl sites for hydroxylation is 3. The van der Waals surface area contributed by atoms with Crippen LogP contribution in [0.4, 0.5) is 0 Å². The van der Waals surface area contributed by atoms with Gasteiger partial charge in [-0.2, -0.15) is 0 Å². The highest BCUT2D eigenvalue weighted by atomic mass is 16.5. The van der Waals surface area contributed by atoms with Crippen molar-refractivity contribution in [1.82, 2.24) is 0 Å². The Morgan fingerprint density at radius 3 is 2.41 bits per heavy atom. The fourth-order valence-electron chi connectivity index (χ4n) is 1.75. The molecule has 0 unspecified atom stereocenters. The van der Waals surface area contributed by atoms with Gasteiger partial charge in [-0.15, -0.1) is 0 Å². The first-order valence-corrected chi connectivity index (χ1v) is 6.25. The molecule has 0 radical (unpaired) electrons. The van der Waals surface area contributed by atoms with Gasteiger partial charge in [-0.05, 0) is 49.9 Å². The van der Waals surface area contributed by atoms with E-state index in [1.807, 2.05) is 19.9 Å². The molecule has 2 heteroatoms. The molecule has 0 heterocycles. The first-order valence-electron chi connectivity index (χ1n) is 6.25. The Labute approximate surface area is 104 Å². The van der Waals surface area contributed by atoms with E-state index in [1.54, 1.807) is 0 Å². The molecule has 2 nitrogen and oxygen atoms in total. The second-order valence-electron chi connectivity index (χ2n) is 4.58. The lowest BCUT2D eigenvalue weighted by molar-refractivity contribution is 0.0754. The maximum atomic E-state index is 12.0. The fraction of sp³-hybridized carbons (Fsp3) is 0.533. The molecule has 1 aromatic carbocycles. The molecule has 0 bridgehead atoms. The van der Waals surface area contributed by atoms with Crippen molar-refractivity contribution in [3.8, 4) is 0 Å². The molecule has 0 N–H and O–H groups in total. The zero-order chi connectivity index (χ0) is 12.8. The molecular formula is C15H22O2. The van der Waals surface area contributed by atoms with E-state index < -0.39 is 0 Å². The van der Waals surface area contributed by atoms with Crippen LogP contribution in [0.2, 0.25) is 0 Å². The maximum absolute atomic E-state index is 12.0. The lowest BCUT2D eigenvalue weighted by Crippen LogP contribution is -2.11. The van der Waals surface area contributed by atoms with Crippen LogP contribution in [0.3, 0.4) is 0 Å². The standard InChI is InChI=1S/C15H22O2/c1-5-6-7-17-10-15(16)14-9-12(3)11(2)8-13(14)4/h8-9H,5-7,10H2,1-4H3. The van der Waals surface area contributed by atoms with Gasteiger partial charge in [0.15, 0.2) is 5.78 Å². The molecule has 1 rings (SSSR count). The Hall–Kier alpha value is -1.15. The number of rotatable bonds is 6. The van der Waals surface area contributed by atoms with Gasteiger partial charge in [0.05, 0.1) is 0 Å². The Balaban J connectivity index is 2.66. The summed E-state index contributed by atoms with van der Waals surface area (Å²) in [4.78, 5) is 12.0. The Morgan fingerprint density at radius 2 is 1.76 bits per heavy atom. The summed E-state index contributed by atoms with van der Waals surface area (Å²) in [5.74, 6) is 0.0849. The van der Waals surface area contributed by atoms with E-state index in [-0.39, 0.29) is 12.4 Å². The molecule has 1 aromatic rings. The number of hydrogen-bond acceptors (Lipinski definition) is 2. The average molecular weight is 234 g/mol. The number of carbonyl (C=O) groups excluding carboxylic acids is 1. The molecule has 0 saturated heterocycles. The van der Waals surface area contributed by atoms with Crippen LogP contribution in [0.25, 0.3) is 0 Å². The van der Waals surface area contributed by atoms with E-state index in [9.17, 15) is 4.79 Å². The number of ether oxygens (including phenoxy) is 1. The summed E-state index contributed by atoms with van der Waals surface area (Å²) in [7, 11) is 0. The maximum Gasteiger partial charge on any atom is 0.188 e. The number of hydrogen-bond donors (Lipinski definition) is 0. The van der Waals surface area contributed by atoms with Crippen molar-refractivity contribution in [3.05, 3.63) is 34.4 Å². The molecule has 0 spiro atoms. The first kappa shape index (κ1) is 13.9. The third kappa shape index (κ3) is 3.97. The topological polar surface area (TPSA) is 26.3 Å². The van der Waals surface area contributed by atoms with E-state index in [4.69, 9.17) is 4.74 Å². The molecule has 0 fully saturated rings. The molecule has 0 aliphatic rings. The van der Waals surface area contributed by atoms with E-state index in [2.05, 4.69) is 19.9 Å². The summed E-state index contributed by atoms with van der Waals surface area (Å²) in [6.45, 7) is 9.05. The SMILES string of the molecule is CCCCOCC(=O)c1cc(C)c(C)cc1C. The van der Waals surface area contributed by atoms with Crippen molar-refractivity contribution < 1.29 is 9.53 Å². The van der Waals surface area contributed by atoms with Gasteiger partial charge in [-0.25, -0.2) is 0 Å². The third-order valence-electron chi connectivity index (χ3n) is 3.02. The number of benzene rings is 1. The minimum atomic E-state index is 0.0849. The first-order chi connectivity index (χ1) is 8.06. The summed E-state index contributed by atoms with van der Waals surface area (Å²) in [5.41, 5.74) is 4.22. The summed E-state index contributed by atoms with van der Waals surface area (Å²) in [5, 5.41) is 0. The van der Waals surface area contributed by atoms with Crippen molar-refractivity contribution in [2.24, 2.45) is 0 Å². The van der Waals surface area contributed by atoms with Gasteiger partial charge in [0.25, 0.3) is 0 Å². The number of ketones is 1. The van der Waals surface area contributed by atoms with Gasteiger partial charge in [0.1, 0.15) is 6.61 Å². The number of Topliss-reactive ketones (excluding diaryl/α,β-unsaturated/α-hetero) is 1. The van der Waals surface area contributed by atoms with Crippen LogP contribution in [0, 0.1) is 20.8 Å². The van der Waals surface area contributed by atoms with Gasteiger partial charge >= 0.3 is 0 Å². The Morgan fingerprint density at radius 1 is 1.12 bits per heavy atom. The molecule has 0 aliphatic heterocycles. The Kier molecular flexibility index (Phi) is 5.36. The van der Waals surface area contributed by atoms with Crippen LogP contribution < -0.4 is 0 Å². The van der Waals surface area contributed by atoms with Crippen LogP contribution in [-0.2, 0) is 4.74 Å². The van der Waals surface area contributed by atoms with E-state index >= 15 is 0 Å². The molecule has 0 aromatic heterocycles. The van der Waals surface area contributed by atoms with Crippen LogP contribution in [-0.4, -0.2) is 19.0 Å². The highest BCUT2D eigenvalue weighted by Crippen LogP contribution is 2.16. The van der Waals surface area contributed by atoms with E-state index in [1.165, 1.54) is 5.56 Å². The van der Waals surface area contributed by atoms with E-state index in [0.29, 0.717) is 6.61 Å². The summed E-state index contributed by atoms with van der Waals surface area (Å²) < 4.78 is 5.37. The zero-order valence-corrected chi connectivity index (χ0v) is 11.3. The molecule has 17 heavy (non-hydrogen) atoms. The van der Waals surface area contributed by atoms with Crippen LogP contribution in [0.5, 0.6) is 0 Å². The minimum absolute atomic E-state index is 0.0849. The van der Waals surface area contributed by atoms with Crippen LogP contribution in [0.1, 0.15) is 46.8 Å². The van der Waals surface area contributed by atoms with E-state index in [0.717, 1.165) is 29.5 Å². The molecule has 0 amide bonds. The highest BCUT2D eigenvalue weighted by Gasteiger charge is 2.10. The van der Waals surface area contributed by atoms with Gasteiger partial charge in [-0.3, -0.25) is 4.79 Å². The monoisotopic (exact) mass is 234 g/mol. The summed E-state index contributed by atoms with van der Waals surface area (Å²) in [6.07, 6.45) is 2.11. The Bertz CT molecular complexity index is 394. The third-order valence-corrected chi connectivity index (χ3v) is 3.02. The van der Waals surface area contributed by atoms with Crippen molar-refractivity contribution in [2.45, 2.75) is 40.5 Å². The highest BCUT2D eigenvalue weighted by molar-refractivity contribution is 5.98. The zero-order valence-electron chi connectivity index (χ0n) is 11.3. The van der Waals surface area contributed by atoms with Gasteiger partial charge < -0.3 is 4.74 Å². The normalized spacial score (nSPS) is 10.6. The fourth-order valence-corrected chi connectivity index (χ4v) is 1.75. The van der Waals surface area contributed by atoms with Crippen molar-refractivity contribution in [3.63, 3.8) is 0 Å². The van der Waals surface area contributed by atoms with Gasteiger partial charge in [0, 0.05) is 12.2 Å². The minimum Gasteiger partial charge on any atom is -0.373 e. The predicted molar refractivity (Wildman–Crippen MR) is 70.7 cm³/mol.